The Balaban J connectivity index is 1.61. The van der Waals surface area contributed by atoms with Crippen LogP contribution in [-0.2, 0) is 6.54 Å². The number of aromatic hydroxyl groups is 1. The van der Waals surface area contributed by atoms with Gasteiger partial charge in [0.2, 0.25) is 0 Å². The topological polar surface area (TPSA) is 26.7 Å². The molecule has 0 spiro atoms. The Morgan fingerprint density at radius 3 is 2.29 bits per heavy atom. The molecule has 1 aliphatic rings. The molecule has 0 radical (unpaired) electrons. The average molecular weight is 286 g/mol. The van der Waals surface area contributed by atoms with Gasteiger partial charge in [-0.05, 0) is 18.2 Å². The molecular weight excluding hydrogens is 267 g/mol. The molecule has 0 amide bonds. The molecule has 3 rings (SSSR count). The van der Waals surface area contributed by atoms with E-state index in [1.807, 2.05) is 30.3 Å². The maximum Gasteiger partial charge on any atom is 0.138 e. The Morgan fingerprint density at radius 2 is 1.57 bits per heavy atom. The van der Waals surface area contributed by atoms with Gasteiger partial charge in [0.05, 0.1) is 5.69 Å². The second-order valence-electron chi connectivity index (χ2n) is 5.34. The van der Waals surface area contributed by atoms with Gasteiger partial charge in [0.1, 0.15) is 11.6 Å². The largest absolute Gasteiger partial charge is 0.506 e. The normalized spacial score (nSPS) is 16.1. The van der Waals surface area contributed by atoms with Crippen LogP contribution >= 0.6 is 0 Å². The molecular formula is C17H19FN2O. The number of piperazine rings is 1. The number of para-hydroxylation sites is 2. The molecule has 110 valence electrons. The van der Waals surface area contributed by atoms with Crippen LogP contribution in [0.15, 0.2) is 48.5 Å². The summed E-state index contributed by atoms with van der Waals surface area (Å²) in [5, 5.41) is 9.90. The van der Waals surface area contributed by atoms with E-state index in [4.69, 9.17) is 0 Å². The van der Waals surface area contributed by atoms with Crippen molar-refractivity contribution in [2.45, 2.75) is 6.54 Å². The fraction of sp³-hybridized carbons (Fsp3) is 0.294. The van der Waals surface area contributed by atoms with Crippen molar-refractivity contribution in [1.29, 1.82) is 0 Å². The van der Waals surface area contributed by atoms with Crippen LogP contribution in [0.4, 0.5) is 10.1 Å². The lowest BCUT2D eigenvalue weighted by atomic mass is 10.1. The van der Waals surface area contributed by atoms with Crippen LogP contribution in [0.2, 0.25) is 0 Å². The highest BCUT2D eigenvalue weighted by atomic mass is 19.1. The number of halogens is 1. The number of rotatable bonds is 3. The number of hydrogen-bond donors (Lipinski definition) is 1. The molecule has 0 aliphatic carbocycles. The van der Waals surface area contributed by atoms with Gasteiger partial charge in [-0.3, -0.25) is 4.90 Å². The van der Waals surface area contributed by atoms with Gasteiger partial charge in [-0.15, -0.1) is 0 Å². The molecule has 0 saturated carbocycles. The number of nitrogens with zero attached hydrogens (tertiary/aromatic N) is 2. The molecule has 1 heterocycles. The number of phenolic OH excluding ortho intramolecular Hbond substituents is 1. The lowest BCUT2D eigenvalue weighted by molar-refractivity contribution is 0.246. The summed E-state index contributed by atoms with van der Waals surface area (Å²) in [6, 6.07) is 14.3. The van der Waals surface area contributed by atoms with Crippen molar-refractivity contribution in [3.05, 3.63) is 59.9 Å². The van der Waals surface area contributed by atoms with Crippen LogP contribution in [-0.4, -0.2) is 36.2 Å². The van der Waals surface area contributed by atoms with E-state index in [1.54, 1.807) is 12.1 Å². The van der Waals surface area contributed by atoms with Crippen LogP contribution in [0.5, 0.6) is 5.75 Å². The first-order chi connectivity index (χ1) is 10.2. The van der Waals surface area contributed by atoms with E-state index in [0.717, 1.165) is 37.4 Å². The minimum Gasteiger partial charge on any atom is -0.506 e. The quantitative estimate of drug-likeness (QED) is 0.940. The first-order valence-corrected chi connectivity index (χ1v) is 7.23. The zero-order chi connectivity index (χ0) is 14.7. The van der Waals surface area contributed by atoms with Gasteiger partial charge in [0.15, 0.2) is 0 Å². The number of phenols is 1. The van der Waals surface area contributed by atoms with Crippen LogP contribution in [0.3, 0.4) is 0 Å². The summed E-state index contributed by atoms with van der Waals surface area (Å²) in [6.07, 6.45) is 0. The molecule has 3 nitrogen and oxygen atoms in total. The molecule has 1 saturated heterocycles. The first kappa shape index (κ1) is 13.9. The molecule has 21 heavy (non-hydrogen) atoms. The zero-order valence-electron chi connectivity index (χ0n) is 11.9. The smallest absolute Gasteiger partial charge is 0.138 e. The van der Waals surface area contributed by atoms with Gasteiger partial charge in [-0.2, -0.15) is 0 Å². The van der Waals surface area contributed by atoms with Gasteiger partial charge in [0, 0.05) is 38.3 Å². The Bertz CT molecular complexity index is 609. The van der Waals surface area contributed by atoms with E-state index >= 15 is 0 Å². The highest BCUT2D eigenvalue weighted by Crippen LogP contribution is 2.27. The summed E-state index contributed by atoms with van der Waals surface area (Å²) in [6.45, 7) is 4.05. The maximum absolute atomic E-state index is 13.7. The van der Waals surface area contributed by atoms with E-state index in [2.05, 4.69) is 9.80 Å². The number of hydrogen-bond acceptors (Lipinski definition) is 3. The Kier molecular flexibility index (Phi) is 4.06. The highest BCUT2D eigenvalue weighted by Gasteiger charge is 2.19. The molecule has 0 aromatic heterocycles. The number of benzene rings is 2. The molecule has 4 heteroatoms. The van der Waals surface area contributed by atoms with Crippen molar-refractivity contribution in [3.8, 4) is 5.75 Å². The zero-order valence-corrected chi connectivity index (χ0v) is 11.9. The fourth-order valence-corrected chi connectivity index (χ4v) is 2.75. The minimum atomic E-state index is -0.138. The molecule has 0 unspecified atom stereocenters. The third kappa shape index (κ3) is 3.16. The Morgan fingerprint density at radius 1 is 0.905 bits per heavy atom. The van der Waals surface area contributed by atoms with Crippen molar-refractivity contribution in [2.24, 2.45) is 0 Å². The number of anilines is 1. The first-order valence-electron chi connectivity index (χ1n) is 7.23. The van der Waals surface area contributed by atoms with Crippen LogP contribution < -0.4 is 4.90 Å². The van der Waals surface area contributed by atoms with Crippen molar-refractivity contribution < 1.29 is 9.50 Å². The van der Waals surface area contributed by atoms with Gasteiger partial charge in [-0.1, -0.05) is 30.3 Å². The average Bonchev–Trinajstić information content (AvgIpc) is 2.51. The Labute approximate surface area is 124 Å². The minimum absolute atomic E-state index is 0.138. The summed E-state index contributed by atoms with van der Waals surface area (Å²) in [7, 11) is 0. The van der Waals surface area contributed by atoms with Gasteiger partial charge in [-0.25, -0.2) is 4.39 Å². The molecule has 1 aliphatic heterocycles. The predicted molar refractivity (Wildman–Crippen MR) is 82.0 cm³/mol. The van der Waals surface area contributed by atoms with E-state index in [0.29, 0.717) is 12.3 Å². The fourth-order valence-electron chi connectivity index (χ4n) is 2.75. The summed E-state index contributed by atoms with van der Waals surface area (Å²) in [5.41, 5.74) is 1.62. The van der Waals surface area contributed by atoms with Crippen LogP contribution in [0.25, 0.3) is 0 Å². The van der Waals surface area contributed by atoms with Gasteiger partial charge < -0.3 is 10.0 Å². The lowest BCUT2D eigenvalue weighted by Gasteiger charge is -2.36. The van der Waals surface area contributed by atoms with E-state index in [1.165, 1.54) is 6.07 Å². The van der Waals surface area contributed by atoms with Gasteiger partial charge >= 0.3 is 0 Å². The monoisotopic (exact) mass is 286 g/mol. The van der Waals surface area contributed by atoms with E-state index in [-0.39, 0.29) is 5.82 Å². The van der Waals surface area contributed by atoms with E-state index in [9.17, 15) is 9.50 Å². The summed E-state index contributed by atoms with van der Waals surface area (Å²) < 4.78 is 13.7. The highest BCUT2D eigenvalue weighted by molar-refractivity contribution is 5.57. The Hall–Kier alpha value is -2.07. The maximum atomic E-state index is 13.7. The lowest BCUT2D eigenvalue weighted by Crippen LogP contribution is -2.46. The summed E-state index contributed by atoms with van der Waals surface area (Å²) in [4.78, 5) is 4.42. The third-order valence-corrected chi connectivity index (χ3v) is 3.95. The van der Waals surface area contributed by atoms with Crippen molar-refractivity contribution in [2.75, 3.05) is 31.1 Å². The second kappa shape index (κ2) is 6.14. The van der Waals surface area contributed by atoms with Crippen LogP contribution in [0, 0.1) is 5.82 Å². The van der Waals surface area contributed by atoms with Crippen molar-refractivity contribution in [3.63, 3.8) is 0 Å². The van der Waals surface area contributed by atoms with Crippen LogP contribution in [0.1, 0.15) is 5.56 Å². The molecule has 2 aromatic rings. The predicted octanol–water partition coefficient (Wildman–Crippen LogP) is 2.85. The molecule has 2 aromatic carbocycles. The van der Waals surface area contributed by atoms with Gasteiger partial charge in [0.25, 0.3) is 0 Å². The van der Waals surface area contributed by atoms with Crippen molar-refractivity contribution in [1.82, 2.24) is 4.90 Å². The molecule has 1 N–H and O–H groups in total. The van der Waals surface area contributed by atoms with Crippen molar-refractivity contribution >= 4 is 5.69 Å². The SMILES string of the molecule is Oc1ccccc1N1CCN(Cc2ccccc2F)CC1. The summed E-state index contributed by atoms with van der Waals surface area (Å²) >= 11 is 0. The molecule has 0 bridgehead atoms. The molecule has 0 atom stereocenters. The third-order valence-electron chi connectivity index (χ3n) is 3.95. The molecule has 1 fully saturated rings. The summed E-state index contributed by atoms with van der Waals surface area (Å²) in [5.74, 6) is 0.181. The van der Waals surface area contributed by atoms with E-state index < -0.39 is 0 Å². The standard InChI is InChI=1S/C17H19FN2O/c18-15-6-2-1-5-14(15)13-19-9-11-20(12-10-19)16-7-3-4-8-17(16)21/h1-8,21H,9-13H2. The second-order valence-corrected chi connectivity index (χ2v) is 5.34.